The molecule has 1 aliphatic rings. The molecule has 4 rings (SSSR count). The van der Waals surface area contributed by atoms with Crippen LogP contribution >= 0.6 is 11.8 Å². The second kappa shape index (κ2) is 8.31. The molecular formula is C23H20N2O2S. The number of para-hydroxylation sites is 1. The van der Waals surface area contributed by atoms with Gasteiger partial charge in [-0.1, -0.05) is 66.7 Å². The van der Waals surface area contributed by atoms with Crippen LogP contribution in [0, 0.1) is 0 Å². The Hall–Kier alpha value is -3.05. The van der Waals surface area contributed by atoms with Gasteiger partial charge in [0.05, 0.1) is 12.3 Å². The maximum absolute atomic E-state index is 13.1. The lowest BCUT2D eigenvalue weighted by atomic mass is 10.1. The number of fused-ring (bicyclic) bond motifs is 1. The monoisotopic (exact) mass is 388 g/mol. The zero-order chi connectivity index (χ0) is 19.3. The van der Waals surface area contributed by atoms with E-state index >= 15 is 0 Å². The zero-order valence-corrected chi connectivity index (χ0v) is 16.1. The lowest BCUT2D eigenvalue weighted by molar-refractivity contribution is -0.125. The fraction of sp³-hybridized carbons (Fsp3) is 0.130. The average Bonchev–Trinajstić information content (AvgIpc) is 3.00. The summed E-state index contributed by atoms with van der Waals surface area (Å²) in [5.74, 6) is 0.0287. The summed E-state index contributed by atoms with van der Waals surface area (Å²) in [6.45, 7) is 0.488. The number of amides is 2. The van der Waals surface area contributed by atoms with E-state index in [1.165, 1.54) is 11.8 Å². The van der Waals surface area contributed by atoms with E-state index in [0.717, 1.165) is 21.7 Å². The van der Waals surface area contributed by atoms with Gasteiger partial charge in [0.2, 0.25) is 5.91 Å². The summed E-state index contributed by atoms with van der Waals surface area (Å²) in [5.41, 5.74) is 2.76. The molecule has 0 bridgehead atoms. The summed E-state index contributed by atoms with van der Waals surface area (Å²) >= 11 is 1.46. The number of hydrogen-bond acceptors (Lipinski definition) is 3. The molecule has 0 fully saturated rings. The van der Waals surface area contributed by atoms with E-state index < -0.39 is 6.04 Å². The lowest BCUT2D eigenvalue weighted by Gasteiger charge is -2.18. The topological polar surface area (TPSA) is 49.4 Å². The first kappa shape index (κ1) is 18.3. The third-order valence-electron chi connectivity index (χ3n) is 4.65. The van der Waals surface area contributed by atoms with Crippen molar-refractivity contribution in [3.8, 4) is 0 Å². The van der Waals surface area contributed by atoms with Gasteiger partial charge < -0.3 is 10.2 Å². The minimum Gasteiger partial charge on any atom is -0.340 e. The number of anilines is 1. The second-order valence-electron chi connectivity index (χ2n) is 6.57. The standard InChI is InChI=1S/C23H20N2O2S/c26-21(16-28-18-11-5-2-6-12-18)24-22-19-13-7-8-14-20(19)25(23(22)27)15-17-9-3-1-4-10-17/h1-14,22H,15-16H2,(H,24,26)/t22-/m0/s1. The maximum atomic E-state index is 13.1. The number of rotatable bonds is 6. The molecular weight excluding hydrogens is 368 g/mol. The molecule has 5 heteroatoms. The van der Waals surface area contributed by atoms with Gasteiger partial charge in [0.15, 0.2) is 0 Å². The fourth-order valence-corrected chi connectivity index (χ4v) is 4.05. The number of carbonyl (C=O) groups excluding carboxylic acids is 2. The van der Waals surface area contributed by atoms with Crippen molar-refractivity contribution < 1.29 is 9.59 Å². The van der Waals surface area contributed by atoms with Crippen molar-refractivity contribution >= 4 is 29.3 Å². The summed E-state index contributed by atoms with van der Waals surface area (Å²) in [6, 6.07) is 26.7. The van der Waals surface area contributed by atoms with E-state index in [0.29, 0.717) is 6.54 Å². The Balaban J connectivity index is 1.48. The first-order chi connectivity index (χ1) is 13.7. The van der Waals surface area contributed by atoms with Crippen LogP contribution in [0.25, 0.3) is 0 Å². The van der Waals surface area contributed by atoms with E-state index in [2.05, 4.69) is 5.32 Å². The molecule has 3 aromatic rings. The molecule has 1 heterocycles. The first-order valence-electron chi connectivity index (χ1n) is 9.14. The van der Waals surface area contributed by atoms with E-state index in [-0.39, 0.29) is 17.6 Å². The normalized spacial score (nSPS) is 15.4. The van der Waals surface area contributed by atoms with Crippen LogP contribution in [0.2, 0.25) is 0 Å². The molecule has 0 radical (unpaired) electrons. The molecule has 0 saturated heterocycles. The number of carbonyl (C=O) groups is 2. The molecule has 0 unspecified atom stereocenters. The van der Waals surface area contributed by atoms with Crippen molar-refractivity contribution in [2.24, 2.45) is 0 Å². The van der Waals surface area contributed by atoms with Gasteiger partial charge in [-0.3, -0.25) is 9.59 Å². The number of nitrogens with zero attached hydrogens (tertiary/aromatic N) is 1. The predicted octanol–water partition coefficient (Wildman–Crippen LogP) is 4.18. The third kappa shape index (κ3) is 3.94. The SMILES string of the molecule is O=C(CSc1ccccc1)N[C@@H]1C(=O)N(Cc2ccccc2)c2ccccc21. The lowest BCUT2D eigenvalue weighted by Crippen LogP contribution is -2.38. The smallest absolute Gasteiger partial charge is 0.254 e. The van der Waals surface area contributed by atoms with Crippen molar-refractivity contribution in [1.29, 1.82) is 0 Å². The summed E-state index contributed by atoms with van der Waals surface area (Å²) in [5, 5.41) is 2.92. The predicted molar refractivity (Wildman–Crippen MR) is 112 cm³/mol. The van der Waals surface area contributed by atoms with Gasteiger partial charge in [-0.2, -0.15) is 0 Å². The van der Waals surface area contributed by atoms with Crippen LogP contribution in [0.1, 0.15) is 17.2 Å². The Labute approximate surface area is 168 Å². The van der Waals surface area contributed by atoms with Crippen LogP contribution in [-0.4, -0.2) is 17.6 Å². The molecule has 4 nitrogen and oxygen atoms in total. The van der Waals surface area contributed by atoms with Crippen molar-refractivity contribution in [2.75, 3.05) is 10.7 Å². The zero-order valence-electron chi connectivity index (χ0n) is 15.2. The van der Waals surface area contributed by atoms with Crippen molar-refractivity contribution in [3.63, 3.8) is 0 Å². The van der Waals surface area contributed by atoms with E-state index in [1.807, 2.05) is 84.9 Å². The fourth-order valence-electron chi connectivity index (χ4n) is 3.32. The van der Waals surface area contributed by atoms with Gasteiger partial charge in [-0.15, -0.1) is 11.8 Å². The Morgan fingerprint density at radius 3 is 2.29 bits per heavy atom. The number of thioether (sulfide) groups is 1. The molecule has 0 aliphatic carbocycles. The molecule has 28 heavy (non-hydrogen) atoms. The van der Waals surface area contributed by atoms with Gasteiger partial charge in [-0.05, 0) is 23.8 Å². The molecule has 1 atom stereocenters. The third-order valence-corrected chi connectivity index (χ3v) is 5.67. The summed E-state index contributed by atoms with van der Waals surface area (Å²) in [7, 11) is 0. The molecule has 140 valence electrons. The summed E-state index contributed by atoms with van der Waals surface area (Å²) in [6.07, 6.45) is 0. The highest BCUT2D eigenvalue weighted by Crippen LogP contribution is 2.36. The highest BCUT2D eigenvalue weighted by Gasteiger charge is 2.37. The molecule has 3 aromatic carbocycles. The molecule has 1 N–H and O–H groups in total. The Morgan fingerprint density at radius 1 is 0.893 bits per heavy atom. The van der Waals surface area contributed by atoms with Crippen LogP contribution in [0.5, 0.6) is 0 Å². The average molecular weight is 388 g/mol. The van der Waals surface area contributed by atoms with E-state index in [4.69, 9.17) is 0 Å². The van der Waals surface area contributed by atoms with Crippen LogP contribution in [-0.2, 0) is 16.1 Å². The van der Waals surface area contributed by atoms with Gasteiger partial charge >= 0.3 is 0 Å². The molecule has 2 amide bonds. The largest absolute Gasteiger partial charge is 0.340 e. The van der Waals surface area contributed by atoms with Gasteiger partial charge in [0, 0.05) is 16.1 Å². The van der Waals surface area contributed by atoms with E-state index in [1.54, 1.807) is 4.90 Å². The Morgan fingerprint density at radius 2 is 1.54 bits per heavy atom. The molecule has 1 aliphatic heterocycles. The van der Waals surface area contributed by atoms with Crippen LogP contribution in [0.15, 0.2) is 89.8 Å². The van der Waals surface area contributed by atoms with Crippen LogP contribution < -0.4 is 10.2 Å². The number of benzene rings is 3. The van der Waals surface area contributed by atoms with Gasteiger partial charge in [0.25, 0.3) is 5.91 Å². The minimum atomic E-state index is -0.635. The van der Waals surface area contributed by atoms with Crippen molar-refractivity contribution in [3.05, 3.63) is 96.1 Å². The quantitative estimate of drug-likeness (QED) is 0.645. The van der Waals surface area contributed by atoms with E-state index in [9.17, 15) is 9.59 Å². The summed E-state index contributed by atoms with van der Waals surface area (Å²) < 4.78 is 0. The maximum Gasteiger partial charge on any atom is 0.254 e. The molecule has 0 spiro atoms. The van der Waals surface area contributed by atoms with Crippen LogP contribution in [0.4, 0.5) is 5.69 Å². The number of hydrogen-bond donors (Lipinski definition) is 1. The minimum absolute atomic E-state index is 0.0943. The second-order valence-corrected chi connectivity index (χ2v) is 7.62. The highest BCUT2D eigenvalue weighted by atomic mass is 32.2. The Bertz CT molecular complexity index is 976. The first-order valence-corrected chi connectivity index (χ1v) is 10.1. The summed E-state index contributed by atoms with van der Waals surface area (Å²) in [4.78, 5) is 28.4. The molecule has 0 aromatic heterocycles. The highest BCUT2D eigenvalue weighted by molar-refractivity contribution is 8.00. The van der Waals surface area contributed by atoms with Crippen molar-refractivity contribution in [1.82, 2.24) is 5.32 Å². The van der Waals surface area contributed by atoms with Crippen molar-refractivity contribution in [2.45, 2.75) is 17.5 Å². The van der Waals surface area contributed by atoms with Crippen LogP contribution in [0.3, 0.4) is 0 Å². The van der Waals surface area contributed by atoms with Gasteiger partial charge in [-0.25, -0.2) is 0 Å². The molecule has 0 saturated carbocycles. The Kier molecular flexibility index (Phi) is 5.44. The van der Waals surface area contributed by atoms with Gasteiger partial charge in [0.1, 0.15) is 6.04 Å². The number of nitrogens with one attached hydrogen (secondary N) is 1.